The first-order valence-corrected chi connectivity index (χ1v) is 45.5. The van der Waals surface area contributed by atoms with Crippen LogP contribution in [0.1, 0.15) is 225 Å². The predicted octanol–water partition coefficient (Wildman–Crippen LogP) is 13.8. The van der Waals surface area contributed by atoms with Gasteiger partial charge in [0.05, 0.1) is 41.8 Å². The van der Waals surface area contributed by atoms with E-state index in [9.17, 15) is 47.9 Å². The number of hydrazine groups is 1. The van der Waals surface area contributed by atoms with Crippen molar-refractivity contribution in [2.75, 3.05) is 81.2 Å². The second-order valence-corrected chi connectivity index (χ2v) is 38.3. The van der Waals surface area contributed by atoms with Gasteiger partial charge in [0.25, 0.3) is 17.7 Å². The number of esters is 1. The van der Waals surface area contributed by atoms with Gasteiger partial charge in [0.2, 0.25) is 17.7 Å². The lowest BCUT2D eigenvalue weighted by Gasteiger charge is -2.41. The molecule has 1 fully saturated rings. The number of rotatable bonds is 48. The number of likely N-dealkylation sites (N-methyl/N-ethyl adjacent to an activating group) is 3. The number of hydrogen-bond acceptors (Lipinski definition) is 21. The number of amides is 6. The van der Waals surface area contributed by atoms with Crippen LogP contribution in [-0.4, -0.2) is 239 Å². The van der Waals surface area contributed by atoms with E-state index in [4.69, 9.17) is 19.2 Å². The Morgan fingerprint density at radius 2 is 1.13 bits per heavy atom. The number of Topliss-reactive ketones (excluding diaryl/α,β-unsaturated/α-hetero) is 5. The first-order chi connectivity index (χ1) is 55.9. The molecule has 662 valence electrons. The molecule has 2 aliphatic heterocycles. The molecule has 0 bridgehead atoms. The maximum atomic E-state index is 15.2. The molecule has 1 N–H and O–H groups in total. The molecule has 0 radical (unpaired) electrons. The van der Waals surface area contributed by atoms with Crippen molar-refractivity contribution in [2.45, 2.75) is 261 Å². The molecule has 0 spiro atoms. The van der Waals surface area contributed by atoms with Crippen molar-refractivity contribution in [3.63, 3.8) is 0 Å². The molecule has 6 amide bonds. The quantitative estimate of drug-likeness (QED) is 0.0514. The van der Waals surface area contributed by atoms with Crippen molar-refractivity contribution in [3.8, 4) is 0 Å². The van der Waals surface area contributed by atoms with Crippen molar-refractivity contribution in [1.29, 1.82) is 0 Å². The molecular weight excluding hydrogens is 1570 g/mol. The highest BCUT2D eigenvalue weighted by Crippen LogP contribution is 2.37. The predicted molar refractivity (Wildman–Crippen MR) is 474 cm³/mol. The average Bonchev–Trinajstić information content (AvgIpc) is 0.860. The van der Waals surface area contributed by atoms with Crippen LogP contribution < -0.4 is 5.32 Å². The second kappa shape index (κ2) is 48.0. The number of ether oxygens (including phenoxy) is 3. The molecule has 1 aromatic heterocycles. The number of hydrogen-bond donors (Lipinski definition) is 1. The Balaban J connectivity index is 1.38. The monoisotopic (exact) mass is 1710 g/mol. The number of methoxy groups -OCH3 is 2. The first-order valence-electron chi connectivity index (χ1n) is 42.5. The van der Waals surface area contributed by atoms with Crippen molar-refractivity contribution >= 4 is 105 Å². The van der Waals surface area contributed by atoms with Gasteiger partial charge in [-0.2, -0.15) is 0 Å². The lowest BCUT2D eigenvalue weighted by molar-refractivity contribution is -0.159. The number of aromatic nitrogens is 1. The zero-order valence-electron chi connectivity index (χ0n) is 75.9. The highest BCUT2D eigenvalue weighted by atomic mass is 32.2. The SMILES string of the molecule is CCC(C)[C@@H](C(CC(=O)N1CCC[C@H]1[C@H](OC)[C@@H](C)C(=O)C[C@@H](Cc1ccc(C)cc1)C(=O)CCN1C(=O)/C=C/SCS/C=C/C(=O)N1CCC(=O)C(C)C[C@H](Cc1ccc(C)cc1)NC(=O)c1csc([C@@H](C[C@H](C(C)C)N(C)C(=O)[C@@H](CC(=O)C(C)(C)N(C)C)[C@@H](C)CC)OC(C)=O)n1)OC)N(C)C(=O)[C@@H](CC(=O)C(C)(C)N(C)C)C(C)C. The summed E-state index contributed by atoms with van der Waals surface area (Å²) in [5.74, 6) is -8.04. The summed E-state index contributed by atoms with van der Waals surface area (Å²) in [5, 5.41) is 11.2. The molecule has 27 heteroatoms. The molecular formula is C92H141N9O15S3. The Hall–Kier alpha value is -7.27. The fourth-order valence-electron chi connectivity index (χ4n) is 15.7. The molecule has 1 saturated heterocycles. The van der Waals surface area contributed by atoms with E-state index in [1.807, 2.05) is 183 Å². The molecule has 3 unspecified atom stereocenters. The Kier molecular flexibility index (Phi) is 41.2. The fraction of sp³-hybridized carbons (Fsp3) is 0.663. The van der Waals surface area contributed by atoms with Gasteiger partial charge in [-0.15, -0.1) is 34.9 Å². The smallest absolute Gasteiger partial charge is 0.303 e. The first kappa shape index (κ1) is 102. The standard InChI is InChI=1S/C92H141N9O15S3/c1-26-61(9)71(52-81(107)92(16,17)96(20)21)90(113)97(22)74(58(5)6)53-79(116-65(13)102)88-94-72(55-119-88)87(111)93-69(49-67-36-32-60(8)33-37-67)47-63(11)75(103)38-43-100-82(108)40-45-117-56-118-46-41-83(109)101(100)44-39-76(104)68(48-66-34-30-59(7)31-35-66)50-77(105)64(12)86(115-25)73-29-28-42-99(73)84(110)54-78(114-24)85(62(10)27-2)98(23)89(112)70(57(3)4)51-80(106)91(14,15)95(18)19/h30-37,40-41,45-46,55,57-58,61-64,68-71,73-74,78-79,85-86H,26-29,38-39,42-44,47-54,56H2,1-25H3,(H,93,111)/b45-40+,46-41+/t61-,62?,63?,64-,68+,69+,70-,71-,73-,74+,78?,79+,85-,86+/m0/s1. The summed E-state index contributed by atoms with van der Waals surface area (Å²) in [6.45, 7) is 31.8. The summed E-state index contributed by atoms with van der Waals surface area (Å²) >= 11 is 3.83. The highest BCUT2D eigenvalue weighted by Gasteiger charge is 2.46. The Labute approximate surface area is 722 Å². The molecule has 2 aliphatic rings. The normalized spacial score (nSPS) is 18.4. The van der Waals surface area contributed by atoms with Crippen LogP contribution in [0.5, 0.6) is 0 Å². The van der Waals surface area contributed by atoms with Crippen LogP contribution in [0.2, 0.25) is 0 Å². The molecule has 24 nitrogen and oxygen atoms in total. The van der Waals surface area contributed by atoms with Crippen LogP contribution in [-0.2, 0) is 79.8 Å². The van der Waals surface area contributed by atoms with E-state index in [0.29, 0.717) is 48.7 Å². The van der Waals surface area contributed by atoms with Gasteiger partial charge >= 0.3 is 5.97 Å². The number of likely N-dealkylation sites (tertiary alicyclic amines) is 1. The van der Waals surface area contributed by atoms with Gasteiger partial charge in [0, 0.05) is 158 Å². The van der Waals surface area contributed by atoms with Crippen LogP contribution in [0.3, 0.4) is 0 Å². The summed E-state index contributed by atoms with van der Waals surface area (Å²) in [7, 11) is 13.9. The van der Waals surface area contributed by atoms with Gasteiger partial charge in [0.15, 0.2) is 17.7 Å². The van der Waals surface area contributed by atoms with Gasteiger partial charge in [-0.05, 0) is 147 Å². The molecule has 0 aliphatic carbocycles. The maximum Gasteiger partial charge on any atom is 0.303 e. The van der Waals surface area contributed by atoms with Crippen LogP contribution in [0, 0.1) is 67.1 Å². The third kappa shape index (κ3) is 29.2. The van der Waals surface area contributed by atoms with Crippen LogP contribution in [0.4, 0.5) is 0 Å². The minimum absolute atomic E-state index is 0.0496. The minimum atomic E-state index is -0.949. The van der Waals surface area contributed by atoms with Crippen LogP contribution in [0.25, 0.3) is 0 Å². The lowest BCUT2D eigenvalue weighted by Crippen LogP contribution is -2.54. The summed E-state index contributed by atoms with van der Waals surface area (Å²) in [6.07, 6.45) is 2.88. The summed E-state index contributed by atoms with van der Waals surface area (Å²) in [5.41, 5.74) is 2.17. The molecule has 119 heavy (non-hydrogen) atoms. The van der Waals surface area contributed by atoms with Crippen LogP contribution >= 0.6 is 34.9 Å². The van der Waals surface area contributed by atoms with E-state index in [1.54, 1.807) is 65.9 Å². The van der Waals surface area contributed by atoms with Crippen molar-refractivity contribution < 1.29 is 71.7 Å². The number of benzene rings is 2. The van der Waals surface area contributed by atoms with Crippen molar-refractivity contribution in [2.24, 2.45) is 53.3 Å². The number of nitrogens with one attached hydrogen (secondary N) is 1. The van der Waals surface area contributed by atoms with Gasteiger partial charge in [-0.1, -0.05) is 142 Å². The number of carbonyl (C=O) groups excluding carboxylic acids is 12. The molecule has 2 aromatic carbocycles. The van der Waals surface area contributed by atoms with Gasteiger partial charge < -0.3 is 34.2 Å². The Morgan fingerprint density at radius 1 is 0.622 bits per heavy atom. The largest absolute Gasteiger partial charge is 0.455 e. The van der Waals surface area contributed by atoms with Gasteiger partial charge in [0.1, 0.15) is 28.1 Å². The van der Waals surface area contributed by atoms with E-state index in [0.717, 1.165) is 33.6 Å². The second-order valence-electron chi connectivity index (χ2n) is 35.2. The van der Waals surface area contributed by atoms with Crippen molar-refractivity contribution in [1.82, 2.24) is 44.8 Å². The number of carbonyl (C=O) groups is 12. The maximum absolute atomic E-state index is 15.2. The van der Waals surface area contributed by atoms with Crippen molar-refractivity contribution in [3.05, 3.63) is 110 Å². The van der Waals surface area contributed by atoms with E-state index >= 15 is 9.59 Å². The Morgan fingerprint density at radius 3 is 1.62 bits per heavy atom. The number of thiazole rings is 1. The molecule has 5 rings (SSSR count). The van der Waals surface area contributed by atoms with Gasteiger partial charge in [-0.3, -0.25) is 67.3 Å². The highest BCUT2D eigenvalue weighted by molar-refractivity contribution is 8.18. The summed E-state index contributed by atoms with van der Waals surface area (Å²) in [4.78, 5) is 187. The average molecular weight is 1710 g/mol. The number of aryl methyl sites for hydroxylation is 2. The summed E-state index contributed by atoms with van der Waals surface area (Å²) in [6, 6.07) is 13.4. The van der Waals surface area contributed by atoms with Gasteiger partial charge in [-0.25, -0.2) is 15.0 Å². The zero-order chi connectivity index (χ0) is 89.2. The van der Waals surface area contributed by atoms with Crippen LogP contribution in [0.15, 0.2) is 76.9 Å². The summed E-state index contributed by atoms with van der Waals surface area (Å²) < 4.78 is 18.4. The lowest BCUT2D eigenvalue weighted by atomic mass is 9.81. The number of nitrogens with zero attached hydrogens (tertiary/aromatic N) is 8. The van der Waals surface area contributed by atoms with E-state index in [1.165, 1.54) is 59.7 Å². The van der Waals surface area contributed by atoms with E-state index < -0.39 is 107 Å². The fourth-order valence-corrected chi connectivity index (χ4v) is 17.9. The third-order valence-corrected chi connectivity index (χ3v) is 27.9. The molecule has 3 heterocycles. The molecule has 0 saturated carbocycles. The minimum Gasteiger partial charge on any atom is -0.455 e. The van der Waals surface area contributed by atoms with E-state index in [2.05, 4.69) is 5.32 Å². The number of thioether (sulfide) groups is 2. The Bertz CT molecular complexity index is 3950. The topological polar surface area (TPSA) is 280 Å². The van der Waals surface area contributed by atoms with E-state index in [-0.39, 0.29) is 147 Å². The molecule has 3 aromatic rings. The third-order valence-electron chi connectivity index (χ3n) is 25.3. The molecule has 14 atom stereocenters. The zero-order valence-corrected chi connectivity index (χ0v) is 78.3. The number of ketones is 5.